The molecule has 0 aromatic heterocycles. The van der Waals surface area contributed by atoms with Crippen LogP contribution in [0.25, 0.3) is 5.57 Å². The Morgan fingerprint density at radius 2 is 1.59 bits per heavy atom. The Bertz CT molecular complexity index is 1250. The van der Waals surface area contributed by atoms with Gasteiger partial charge in [0.25, 0.3) is 11.8 Å². The van der Waals surface area contributed by atoms with E-state index in [9.17, 15) is 9.59 Å². The second-order valence-corrected chi connectivity index (χ2v) is 8.55. The molecule has 4 rings (SSSR count). The summed E-state index contributed by atoms with van der Waals surface area (Å²) < 4.78 is 5.47. The molecule has 0 fully saturated rings. The van der Waals surface area contributed by atoms with Gasteiger partial charge in [-0.15, -0.1) is 0 Å². The van der Waals surface area contributed by atoms with Gasteiger partial charge in [-0.3, -0.25) is 14.5 Å². The van der Waals surface area contributed by atoms with Gasteiger partial charge in [0, 0.05) is 18.7 Å². The van der Waals surface area contributed by atoms with Crippen molar-refractivity contribution in [3.05, 3.63) is 106 Å². The minimum Gasteiger partial charge on any atom is -0.496 e. The molecular formula is C29H30N2O3. The van der Waals surface area contributed by atoms with Crippen molar-refractivity contribution in [1.29, 1.82) is 0 Å². The van der Waals surface area contributed by atoms with Crippen LogP contribution in [0.3, 0.4) is 0 Å². The molecule has 174 valence electrons. The van der Waals surface area contributed by atoms with Gasteiger partial charge >= 0.3 is 0 Å². The van der Waals surface area contributed by atoms with Crippen LogP contribution < -0.4 is 4.74 Å². The Morgan fingerprint density at radius 3 is 2.26 bits per heavy atom. The van der Waals surface area contributed by atoms with E-state index in [1.165, 1.54) is 4.90 Å². The van der Waals surface area contributed by atoms with Crippen molar-refractivity contribution in [3.63, 3.8) is 0 Å². The van der Waals surface area contributed by atoms with Gasteiger partial charge in [0.2, 0.25) is 0 Å². The van der Waals surface area contributed by atoms with Crippen molar-refractivity contribution in [2.24, 2.45) is 0 Å². The minimum atomic E-state index is -0.274. The molecule has 0 atom stereocenters. The van der Waals surface area contributed by atoms with Crippen molar-refractivity contribution in [2.45, 2.75) is 33.9 Å². The lowest BCUT2D eigenvalue weighted by molar-refractivity contribution is -0.138. The van der Waals surface area contributed by atoms with Gasteiger partial charge in [-0.25, -0.2) is 0 Å². The summed E-state index contributed by atoms with van der Waals surface area (Å²) in [6.07, 6.45) is 0. The summed E-state index contributed by atoms with van der Waals surface area (Å²) in [5.41, 5.74) is 5.69. The number of carbonyl (C=O) groups excluding carboxylic acids is 2. The van der Waals surface area contributed by atoms with E-state index in [2.05, 4.69) is 0 Å². The van der Waals surface area contributed by atoms with Crippen LogP contribution in [0.5, 0.6) is 5.75 Å². The number of hydrogen-bond donors (Lipinski definition) is 0. The molecule has 0 saturated heterocycles. The standard InChI is InChI=1S/C29H30N2O3/c1-5-30(18-22-11-7-6-8-12-22)27-26(24-16-15-20(2)17-21(24)3)28(32)31(29(27)33)19-23-13-9-10-14-25(23)34-4/h6-17H,5,18-19H2,1-4H3. The molecule has 34 heavy (non-hydrogen) atoms. The van der Waals surface area contributed by atoms with Gasteiger partial charge in [-0.05, 0) is 43.5 Å². The molecule has 5 nitrogen and oxygen atoms in total. The van der Waals surface area contributed by atoms with E-state index in [0.29, 0.717) is 30.1 Å². The van der Waals surface area contributed by atoms with E-state index in [0.717, 1.165) is 27.8 Å². The quantitative estimate of drug-likeness (QED) is 0.444. The second kappa shape index (κ2) is 9.96. The number of ether oxygens (including phenoxy) is 1. The summed E-state index contributed by atoms with van der Waals surface area (Å²) in [5, 5.41) is 0. The molecule has 0 bridgehead atoms. The monoisotopic (exact) mass is 454 g/mol. The van der Waals surface area contributed by atoms with Crippen LogP contribution in [-0.4, -0.2) is 35.3 Å². The molecule has 2 amide bonds. The van der Waals surface area contributed by atoms with Crippen molar-refractivity contribution in [3.8, 4) is 5.75 Å². The highest BCUT2D eigenvalue weighted by atomic mass is 16.5. The Morgan fingerprint density at radius 1 is 0.882 bits per heavy atom. The zero-order valence-electron chi connectivity index (χ0n) is 20.2. The third-order valence-corrected chi connectivity index (χ3v) is 6.23. The number of nitrogens with zero attached hydrogens (tertiary/aromatic N) is 2. The van der Waals surface area contributed by atoms with E-state index >= 15 is 0 Å². The number of amides is 2. The van der Waals surface area contributed by atoms with Crippen molar-refractivity contribution < 1.29 is 14.3 Å². The largest absolute Gasteiger partial charge is 0.496 e. The summed E-state index contributed by atoms with van der Waals surface area (Å²) in [6, 6.07) is 23.5. The summed E-state index contributed by atoms with van der Waals surface area (Å²) in [5.74, 6) is 0.106. The maximum Gasteiger partial charge on any atom is 0.278 e. The van der Waals surface area contributed by atoms with E-state index < -0.39 is 0 Å². The number of methoxy groups -OCH3 is 1. The summed E-state index contributed by atoms with van der Waals surface area (Å²) >= 11 is 0. The zero-order chi connectivity index (χ0) is 24.2. The van der Waals surface area contributed by atoms with Gasteiger partial charge in [-0.2, -0.15) is 0 Å². The van der Waals surface area contributed by atoms with Gasteiger partial charge in [0.15, 0.2) is 0 Å². The highest BCUT2D eigenvalue weighted by molar-refractivity contribution is 6.35. The first kappa shape index (κ1) is 23.3. The summed E-state index contributed by atoms with van der Waals surface area (Å²) in [4.78, 5) is 31.0. The first-order valence-electron chi connectivity index (χ1n) is 11.5. The zero-order valence-corrected chi connectivity index (χ0v) is 20.2. The maximum atomic E-state index is 13.8. The molecule has 3 aromatic carbocycles. The van der Waals surface area contributed by atoms with E-state index in [1.807, 2.05) is 98.5 Å². The number of hydrogen-bond acceptors (Lipinski definition) is 4. The fraction of sp³-hybridized carbons (Fsp3) is 0.241. The van der Waals surface area contributed by atoms with Crippen molar-refractivity contribution in [2.75, 3.05) is 13.7 Å². The number of benzene rings is 3. The normalized spacial score (nSPS) is 13.6. The molecule has 0 N–H and O–H groups in total. The van der Waals surface area contributed by atoms with Crippen LogP contribution in [0.1, 0.15) is 34.7 Å². The van der Waals surface area contributed by atoms with Crippen LogP contribution in [0.4, 0.5) is 0 Å². The molecule has 0 spiro atoms. The minimum absolute atomic E-state index is 0.155. The molecular weight excluding hydrogens is 424 g/mol. The van der Waals surface area contributed by atoms with Crippen LogP contribution in [0.2, 0.25) is 0 Å². The number of rotatable bonds is 8. The molecule has 1 aliphatic heterocycles. The number of likely N-dealkylation sites (N-methyl/N-ethyl adjacent to an activating group) is 1. The molecule has 0 unspecified atom stereocenters. The summed E-state index contributed by atoms with van der Waals surface area (Å²) in [7, 11) is 1.59. The fourth-order valence-corrected chi connectivity index (χ4v) is 4.49. The lowest BCUT2D eigenvalue weighted by Crippen LogP contribution is -2.34. The van der Waals surface area contributed by atoms with Crippen LogP contribution in [0, 0.1) is 13.8 Å². The van der Waals surface area contributed by atoms with Crippen LogP contribution in [-0.2, 0) is 22.7 Å². The number of carbonyl (C=O) groups is 2. The topological polar surface area (TPSA) is 49.9 Å². The van der Waals surface area contributed by atoms with Crippen molar-refractivity contribution in [1.82, 2.24) is 9.80 Å². The molecule has 3 aromatic rings. The van der Waals surface area contributed by atoms with Gasteiger partial charge < -0.3 is 9.64 Å². The van der Waals surface area contributed by atoms with Gasteiger partial charge in [0.1, 0.15) is 11.4 Å². The number of imide groups is 1. The lowest BCUT2D eigenvalue weighted by atomic mass is 9.97. The molecule has 5 heteroatoms. The smallest absolute Gasteiger partial charge is 0.278 e. The summed E-state index contributed by atoms with van der Waals surface area (Å²) in [6.45, 7) is 7.32. The third-order valence-electron chi connectivity index (χ3n) is 6.23. The average molecular weight is 455 g/mol. The van der Waals surface area contributed by atoms with E-state index in [-0.39, 0.29) is 18.4 Å². The molecule has 1 heterocycles. The van der Waals surface area contributed by atoms with Gasteiger partial charge in [0.05, 0.1) is 19.2 Å². The highest BCUT2D eigenvalue weighted by Gasteiger charge is 2.42. The average Bonchev–Trinajstić information content (AvgIpc) is 3.08. The lowest BCUT2D eigenvalue weighted by Gasteiger charge is -2.25. The van der Waals surface area contributed by atoms with Crippen LogP contribution in [0.15, 0.2) is 78.5 Å². The predicted octanol–water partition coefficient (Wildman–Crippen LogP) is 5.11. The Kier molecular flexibility index (Phi) is 6.82. The Hall–Kier alpha value is -3.86. The first-order valence-corrected chi connectivity index (χ1v) is 11.5. The van der Waals surface area contributed by atoms with E-state index in [4.69, 9.17) is 4.74 Å². The Balaban J connectivity index is 1.80. The number of para-hydroxylation sites is 1. The number of aryl methyl sites for hydroxylation is 2. The molecule has 0 aliphatic carbocycles. The van der Waals surface area contributed by atoms with E-state index in [1.54, 1.807) is 7.11 Å². The first-order chi connectivity index (χ1) is 16.4. The predicted molar refractivity (Wildman–Crippen MR) is 134 cm³/mol. The maximum absolute atomic E-state index is 13.8. The van der Waals surface area contributed by atoms with Crippen molar-refractivity contribution >= 4 is 17.4 Å². The van der Waals surface area contributed by atoms with Crippen LogP contribution >= 0.6 is 0 Å². The second-order valence-electron chi connectivity index (χ2n) is 8.55. The Labute approximate surface area is 201 Å². The fourth-order valence-electron chi connectivity index (χ4n) is 4.49. The molecule has 0 saturated carbocycles. The molecule has 1 aliphatic rings. The highest BCUT2D eigenvalue weighted by Crippen LogP contribution is 2.35. The third kappa shape index (κ3) is 4.46. The molecule has 0 radical (unpaired) electrons. The SMILES string of the molecule is CCN(Cc1ccccc1)C1=C(c2ccc(C)cc2C)C(=O)N(Cc2ccccc2OC)C1=O. The van der Waals surface area contributed by atoms with Gasteiger partial charge in [-0.1, -0.05) is 72.3 Å².